The molecule has 1 aromatic heterocycles. The molecule has 0 aliphatic heterocycles. The Bertz CT molecular complexity index is 562. The van der Waals surface area contributed by atoms with Crippen molar-refractivity contribution in [3.63, 3.8) is 0 Å². The number of urea groups is 1. The van der Waals surface area contributed by atoms with E-state index < -0.39 is 5.91 Å². The van der Waals surface area contributed by atoms with Gasteiger partial charge in [-0.15, -0.1) is 11.3 Å². The number of carbonyl (C=O) groups excluding carboxylic acids is 2. The van der Waals surface area contributed by atoms with Crippen LogP contribution in [0.25, 0.3) is 0 Å². The van der Waals surface area contributed by atoms with Crippen LogP contribution in [0.5, 0.6) is 0 Å². The van der Waals surface area contributed by atoms with Gasteiger partial charge in [-0.05, 0) is 37.7 Å². The van der Waals surface area contributed by atoms with Crippen LogP contribution in [0.4, 0.5) is 9.80 Å². The molecule has 4 N–H and O–H groups in total. The number of carbonyl (C=O) groups is 2. The van der Waals surface area contributed by atoms with Crippen molar-refractivity contribution in [2.75, 3.05) is 5.32 Å². The Kier molecular flexibility index (Phi) is 4.14. The van der Waals surface area contributed by atoms with E-state index in [-0.39, 0.29) is 12.1 Å². The van der Waals surface area contributed by atoms with Gasteiger partial charge >= 0.3 is 6.03 Å². The molecule has 0 saturated heterocycles. The number of fused-ring (bicyclic) bond motifs is 1. The highest BCUT2D eigenvalue weighted by molar-refractivity contribution is 7.17. The Hall–Kier alpha value is -1.56. The SMILES string of the molecule is NC(=O)c1c(NC(=O)NC2CCCCC2)sc2c1CCC2. The van der Waals surface area contributed by atoms with Gasteiger partial charge in [0.15, 0.2) is 0 Å². The van der Waals surface area contributed by atoms with Gasteiger partial charge in [0, 0.05) is 10.9 Å². The van der Waals surface area contributed by atoms with Gasteiger partial charge in [0.25, 0.3) is 5.91 Å². The number of amides is 3. The summed E-state index contributed by atoms with van der Waals surface area (Å²) in [6.45, 7) is 0. The van der Waals surface area contributed by atoms with E-state index in [1.165, 1.54) is 35.5 Å². The molecular weight excluding hydrogens is 286 g/mol. The molecule has 114 valence electrons. The van der Waals surface area contributed by atoms with E-state index in [0.717, 1.165) is 37.7 Å². The Morgan fingerprint density at radius 1 is 1.10 bits per heavy atom. The molecule has 0 unspecified atom stereocenters. The average Bonchev–Trinajstić information content (AvgIpc) is 2.99. The van der Waals surface area contributed by atoms with Crippen molar-refractivity contribution in [1.82, 2.24) is 5.32 Å². The number of rotatable bonds is 3. The summed E-state index contributed by atoms with van der Waals surface area (Å²) in [6.07, 6.45) is 8.60. The van der Waals surface area contributed by atoms with Gasteiger partial charge in [-0.25, -0.2) is 4.79 Å². The number of anilines is 1. The fourth-order valence-electron chi connectivity index (χ4n) is 3.32. The maximum Gasteiger partial charge on any atom is 0.320 e. The topological polar surface area (TPSA) is 84.2 Å². The first-order chi connectivity index (χ1) is 10.1. The van der Waals surface area contributed by atoms with Crippen molar-refractivity contribution in [3.05, 3.63) is 16.0 Å². The Labute approximate surface area is 128 Å². The smallest absolute Gasteiger partial charge is 0.320 e. The van der Waals surface area contributed by atoms with Crippen LogP contribution in [0.2, 0.25) is 0 Å². The first-order valence-electron chi connectivity index (χ1n) is 7.67. The third kappa shape index (κ3) is 3.05. The number of thiophene rings is 1. The first kappa shape index (κ1) is 14.4. The summed E-state index contributed by atoms with van der Waals surface area (Å²) in [6, 6.07) is 0.0342. The van der Waals surface area contributed by atoms with Crippen molar-refractivity contribution < 1.29 is 9.59 Å². The van der Waals surface area contributed by atoms with E-state index in [1.807, 2.05) is 0 Å². The average molecular weight is 307 g/mol. The van der Waals surface area contributed by atoms with Gasteiger partial charge in [0.1, 0.15) is 5.00 Å². The number of hydrogen-bond donors (Lipinski definition) is 3. The molecule has 2 aliphatic rings. The summed E-state index contributed by atoms with van der Waals surface area (Å²) in [5.41, 5.74) is 7.05. The van der Waals surface area contributed by atoms with Crippen LogP contribution in [0.15, 0.2) is 0 Å². The van der Waals surface area contributed by atoms with Crippen molar-refractivity contribution in [1.29, 1.82) is 0 Å². The fourth-order valence-corrected chi connectivity index (χ4v) is 4.61. The van der Waals surface area contributed by atoms with Gasteiger partial charge in [-0.3, -0.25) is 10.1 Å². The summed E-state index contributed by atoms with van der Waals surface area (Å²) in [5.74, 6) is -0.442. The van der Waals surface area contributed by atoms with Gasteiger partial charge in [-0.2, -0.15) is 0 Å². The van der Waals surface area contributed by atoms with E-state index in [2.05, 4.69) is 10.6 Å². The number of nitrogens with one attached hydrogen (secondary N) is 2. The van der Waals surface area contributed by atoms with Crippen molar-refractivity contribution in [2.24, 2.45) is 5.73 Å². The molecule has 6 heteroatoms. The molecule has 1 heterocycles. The fraction of sp³-hybridized carbons (Fsp3) is 0.600. The third-order valence-corrected chi connectivity index (χ3v) is 5.54. The summed E-state index contributed by atoms with van der Waals surface area (Å²) >= 11 is 1.49. The molecule has 0 bridgehead atoms. The number of nitrogens with two attached hydrogens (primary N) is 1. The molecule has 3 amide bonds. The molecule has 1 fully saturated rings. The molecule has 2 aliphatic carbocycles. The predicted octanol–water partition coefficient (Wildman–Crippen LogP) is 2.79. The lowest BCUT2D eigenvalue weighted by Crippen LogP contribution is -2.39. The van der Waals surface area contributed by atoms with Crippen molar-refractivity contribution >= 4 is 28.3 Å². The van der Waals surface area contributed by atoms with E-state index in [9.17, 15) is 9.59 Å². The van der Waals surface area contributed by atoms with E-state index in [4.69, 9.17) is 5.73 Å². The highest BCUT2D eigenvalue weighted by Gasteiger charge is 2.26. The Morgan fingerprint density at radius 3 is 2.57 bits per heavy atom. The quantitative estimate of drug-likeness (QED) is 0.802. The van der Waals surface area contributed by atoms with E-state index in [1.54, 1.807) is 0 Å². The minimum absolute atomic E-state index is 0.218. The van der Waals surface area contributed by atoms with Crippen LogP contribution in [-0.2, 0) is 12.8 Å². The van der Waals surface area contributed by atoms with Crippen LogP contribution in [-0.4, -0.2) is 18.0 Å². The second-order valence-corrected chi connectivity index (χ2v) is 6.96. The zero-order valence-corrected chi connectivity index (χ0v) is 12.9. The summed E-state index contributed by atoms with van der Waals surface area (Å²) < 4.78 is 0. The lowest BCUT2D eigenvalue weighted by molar-refractivity contribution is 0.100. The number of aryl methyl sites for hydroxylation is 1. The minimum Gasteiger partial charge on any atom is -0.365 e. The van der Waals surface area contributed by atoms with Crippen molar-refractivity contribution in [3.8, 4) is 0 Å². The minimum atomic E-state index is -0.442. The maximum atomic E-state index is 12.1. The van der Waals surface area contributed by atoms with Gasteiger partial charge in [0.05, 0.1) is 5.56 Å². The predicted molar refractivity (Wildman–Crippen MR) is 83.9 cm³/mol. The highest BCUT2D eigenvalue weighted by Crippen LogP contribution is 2.38. The highest BCUT2D eigenvalue weighted by atomic mass is 32.1. The molecular formula is C15H21N3O2S. The first-order valence-corrected chi connectivity index (χ1v) is 8.48. The summed E-state index contributed by atoms with van der Waals surface area (Å²) in [5, 5.41) is 6.45. The zero-order chi connectivity index (χ0) is 14.8. The lowest BCUT2D eigenvalue weighted by Gasteiger charge is -2.22. The van der Waals surface area contributed by atoms with Crippen LogP contribution < -0.4 is 16.4 Å². The second kappa shape index (κ2) is 6.05. The molecule has 0 aromatic carbocycles. The molecule has 0 spiro atoms. The van der Waals surface area contributed by atoms with Gasteiger partial charge < -0.3 is 11.1 Å². The molecule has 1 aromatic rings. The van der Waals surface area contributed by atoms with Crippen LogP contribution >= 0.6 is 11.3 Å². The van der Waals surface area contributed by atoms with Crippen LogP contribution in [0.3, 0.4) is 0 Å². The van der Waals surface area contributed by atoms with Crippen molar-refractivity contribution in [2.45, 2.75) is 57.4 Å². The molecule has 1 saturated carbocycles. The Balaban J connectivity index is 1.69. The normalized spacial score (nSPS) is 18.3. The number of primary amides is 1. The largest absolute Gasteiger partial charge is 0.365 e. The van der Waals surface area contributed by atoms with E-state index >= 15 is 0 Å². The van der Waals surface area contributed by atoms with Crippen LogP contribution in [0, 0.1) is 0 Å². The summed E-state index contributed by atoms with van der Waals surface area (Å²) in [7, 11) is 0. The lowest BCUT2D eigenvalue weighted by atomic mass is 9.96. The molecule has 21 heavy (non-hydrogen) atoms. The molecule has 0 radical (unpaired) electrons. The van der Waals surface area contributed by atoms with Gasteiger partial charge in [0.2, 0.25) is 0 Å². The summed E-state index contributed by atoms with van der Waals surface area (Å²) in [4.78, 5) is 25.0. The molecule has 0 atom stereocenters. The molecule has 3 rings (SSSR count). The zero-order valence-electron chi connectivity index (χ0n) is 12.0. The maximum absolute atomic E-state index is 12.1. The van der Waals surface area contributed by atoms with E-state index in [0.29, 0.717) is 10.6 Å². The Morgan fingerprint density at radius 2 is 1.86 bits per heavy atom. The number of hydrogen-bond acceptors (Lipinski definition) is 3. The third-order valence-electron chi connectivity index (χ3n) is 4.34. The molecule has 5 nitrogen and oxygen atoms in total. The second-order valence-electron chi connectivity index (χ2n) is 5.86. The monoisotopic (exact) mass is 307 g/mol. The van der Waals surface area contributed by atoms with Gasteiger partial charge in [-0.1, -0.05) is 19.3 Å². The standard InChI is InChI=1S/C15H21N3O2S/c16-13(19)12-10-7-4-8-11(10)21-14(12)18-15(20)17-9-5-2-1-3-6-9/h9H,1-8H2,(H2,16,19)(H2,17,18,20). The van der Waals surface area contributed by atoms with Crippen LogP contribution in [0.1, 0.15) is 59.3 Å².